The Labute approximate surface area is 212 Å². The number of benzene rings is 2. The van der Waals surface area contributed by atoms with Gasteiger partial charge in [-0.15, -0.1) is 0 Å². The average molecular weight is 532 g/mol. The summed E-state index contributed by atoms with van der Waals surface area (Å²) < 4.78 is 54.9. The molecule has 35 heavy (non-hydrogen) atoms. The fraction of sp³-hybridized carbons (Fsp3) is 0.333. The number of fused-ring (bicyclic) bond motifs is 1. The molecule has 1 N–H and O–H groups in total. The summed E-state index contributed by atoms with van der Waals surface area (Å²) in [6.45, 7) is 3.95. The fourth-order valence-electron chi connectivity index (χ4n) is 3.37. The Morgan fingerprint density at radius 2 is 1.80 bits per heavy atom. The smallest absolute Gasteiger partial charge is 0.511 e. The zero-order valence-corrected chi connectivity index (χ0v) is 20.8. The minimum atomic E-state index is -4.46. The third-order valence-electron chi connectivity index (χ3n) is 5.07. The van der Waals surface area contributed by atoms with Gasteiger partial charge in [-0.3, -0.25) is 4.98 Å². The maximum atomic E-state index is 13.0. The van der Waals surface area contributed by atoms with E-state index >= 15 is 0 Å². The maximum absolute atomic E-state index is 13.0. The number of nitrogens with one attached hydrogen (secondary N) is 1. The highest BCUT2D eigenvalue weighted by Gasteiger charge is 2.30. The monoisotopic (exact) mass is 531 g/mol. The second-order valence-corrected chi connectivity index (χ2v) is 7.96. The van der Waals surface area contributed by atoms with Gasteiger partial charge in [-0.1, -0.05) is 23.7 Å². The highest BCUT2D eigenvalue weighted by atomic mass is 35.5. The van der Waals surface area contributed by atoms with Gasteiger partial charge in [0.15, 0.2) is 0 Å². The van der Waals surface area contributed by atoms with Crippen molar-refractivity contribution >= 4 is 28.7 Å². The largest absolute Gasteiger partial charge is 1.00 e. The molecule has 0 unspecified atom stereocenters. The molecule has 0 atom stereocenters. The number of aryl methyl sites for hydroxylation is 2. The van der Waals surface area contributed by atoms with Gasteiger partial charge in [0.25, 0.3) is 0 Å². The van der Waals surface area contributed by atoms with Crippen molar-refractivity contribution in [3.8, 4) is 16.9 Å². The van der Waals surface area contributed by atoms with E-state index in [-0.39, 0.29) is 24.8 Å². The number of nitrogens with zero attached hydrogens (tertiary/aromatic N) is 1. The fourth-order valence-corrected chi connectivity index (χ4v) is 3.54. The normalized spacial score (nSPS) is 11.2. The first kappa shape index (κ1) is 28.5. The van der Waals surface area contributed by atoms with Crippen LogP contribution in [0, 0.1) is 13.8 Å². The quantitative estimate of drug-likeness (QED) is 0.273. The van der Waals surface area contributed by atoms with Gasteiger partial charge in [-0.2, -0.15) is 13.2 Å². The van der Waals surface area contributed by atoms with Crippen LogP contribution in [0.2, 0.25) is 5.02 Å². The Morgan fingerprint density at radius 3 is 2.43 bits per heavy atom. The van der Waals surface area contributed by atoms with Crippen LogP contribution in [0.4, 0.5) is 18.0 Å². The van der Waals surface area contributed by atoms with Crippen LogP contribution in [0.5, 0.6) is 5.75 Å². The molecule has 1 heterocycles. The number of rotatable bonds is 8. The molecule has 0 radical (unpaired) electrons. The van der Waals surface area contributed by atoms with Gasteiger partial charge in [0.2, 0.25) is 6.79 Å². The molecule has 6 nitrogen and oxygen atoms in total. The Hall–Kier alpha value is -2.75. The predicted octanol–water partition coefficient (Wildman–Crippen LogP) is 3.29. The minimum Gasteiger partial charge on any atom is -1.00 e. The van der Waals surface area contributed by atoms with Crippen LogP contribution in [-0.4, -0.2) is 38.1 Å². The van der Waals surface area contributed by atoms with Crippen LogP contribution in [0.1, 0.15) is 23.2 Å². The van der Waals surface area contributed by atoms with Gasteiger partial charge in [0.05, 0.1) is 17.7 Å². The van der Waals surface area contributed by atoms with Crippen LogP contribution in [0.25, 0.3) is 22.0 Å². The number of aromatic nitrogens is 1. The highest BCUT2D eigenvalue weighted by Crippen LogP contribution is 2.41. The Morgan fingerprint density at radius 1 is 1.11 bits per heavy atom. The van der Waals surface area contributed by atoms with Crippen molar-refractivity contribution in [2.75, 3.05) is 27.0 Å². The van der Waals surface area contributed by atoms with Crippen LogP contribution in [-0.2, 0) is 15.7 Å². The number of hydrogen-bond donors (Lipinski definition) is 1. The molecular weight excluding hydrogens is 508 g/mol. The molecule has 3 rings (SSSR count). The number of hydrogen-bond acceptors (Lipinski definition) is 6. The summed E-state index contributed by atoms with van der Waals surface area (Å²) in [7, 11) is 1.79. The SMILES string of the molecule is CNCCCOC(=O)OCOc1c(-c2ccc(C(F)(F)F)cc2)c(C)nc2cc(C)c(Cl)cc12.[Cl-]. The Balaban J connectivity index is 0.00000432. The van der Waals surface area contributed by atoms with E-state index in [0.717, 1.165) is 17.7 Å². The van der Waals surface area contributed by atoms with Gasteiger partial charge in [0, 0.05) is 21.7 Å². The first-order valence-corrected chi connectivity index (χ1v) is 10.8. The van der Waals surface area contributed by atoms with Gasteiger partial charge in [0.1, 0.15) is 5.75 Å². The van der Waals surface area contributed by atoms with Gasteiger partial charge >= 0.3 is 12.3 Å². The molecule has 0 spiro atoms. The van der Waals surface area contributed by atoms with Crippen molar-refractivity contribution in [1.82, 2.24) is 10.3 Å². The molecule has 0 aliphatic heterocycles. The van der Waals surface area contributed by atoms with E-state index in [4.69, 9.17) is 25.8 Å². The van der Waals surface area contributed by atoms with Gasteiger partial charge in [-0.25, -0.2) is 4.79 Å². The zero-order chi connectivity index (χ0) is 24.9. The third kappa shape index (κ3) is 7.13. The highest BCUT2D eigenvalue weighted by molar-refractivity contribution is 6.32. The first-order chi connectivity index (χ1) is 16.1. The lowest BCUT2D eigenvalue weighted by Crippen LogP contribution is -3.00. The number of carbonyl (C=O) groups excluding carboxylic acids is 1. The van der Waals surface area contributed by atoms with E-state index in [1.165, 1.54) is 12.1 Å². The standard InChI is InChI=1S/C24H24ClF3N2O4.ClH/c1-14-11-20-18(12-19(14)25)22(33-13-34-23(31)32-10-4-9-29-3)21(15(2)30-20)16-5-7-17(8-6-16)24(26,27)28;/h5-8,11-12,29H,4,9-10,13H2,1-3H3;1H/p-1. The Bertz CT molecular complexity index is 1170. The minimum absolute atomic E-state index is 0. The molecule has 0 fully saturated rings. The summed E-state index contributed by atoms with van der Waals surface area (Å²) in [5, 5.41) is 3.93. The molecule has 0 aliphatic carbocycles. The summed E-state index contributed by atoms with van der Waals surface area (Å²) in [6.07, 6.45) is -4.73. The molecule has 0 saturated carbocycles. The van der Waals surface area contributed by atoms with Crippen LogP contribution in [0.3, 0.4) is 0 Å². The number of carbonyl (C=O) groups is 1. The summed E-state index contributed by atoms with van der Waals surface area (Å²) in [5.41, 5.74) is 2.07. The Kier molecular flexibility index (Phi) is 10.00. The molecule has 1 aromatic heterocycles. The molecule has 190 valence electrons. The zero-order valence-electron chi connectivity index (χ0n) is 19.3. The second kappa shape index (κ2) is 12.3. The topological polar surface area (TPSA) is 69.7 Å². The molecule has 11 heteroatoms. The maximum Gasteiger partial charge on any atom is 0.511 e. The lowest BCUT2D eigenvalue weighted by molar-refractivity contribution is -0.137. The van der Waals surface area contributed by atoms with E-state index < -0.39 is 24.7 Å². The van der Waals surface area contributed by atoms with E-state index in [0.29, 0.717) is 45.7 Å². The van der Waals surface area contributed by atoms with E-state index in [1.807, 2.05) is 6.92 Å². The molecule has 0 bridgehead atoms. The van der Waals surface area contributed by atoms with Crippen molar-refractivity contribution < 1.29 is 44.6 Å². The predicted molar refractivity (Wildman–Crippen MR) is 123 cm³/mol. The van der Waals surface area contributed by atoms with Crippen molar-refractivity contribution in [2.45, 2.75) is 26.4 Å². The number of halogens is 5. The van der Waals surface area contributed by atoms with Crippen molar-refractivity contribution in [3.63, 3.8) is 0 Å². The van der Waals surface area contributed by atoms with Crippen molar-refractivity contribution in [2.24, 2.45) is 0 Å². The van der Waals surface area contributed by atoms with Crippen LogP contribution in [0.15, 0.2) is 36.4 Å². The summed E-state index contributed by atoms with van der Waals surface area (Å²) >= 11 is 6.32. The lowest BCUT2D eigenvalue weighted by atomic mass is 9.98. The molecule has 0 saturated heterocycles. The number of ether oxygens (including phenoxy) is 3. The summed E-state index contributed by atoms with van der Waals surface area (Å²) in [5.74, 6) is 0.284. The second-order valence-electron chi connectivity index (χ2n) is 7.56. The third-order valence-corrected chi connectivity index (χ3v) is 5.48. The van der Waals surface area contributed by atoms with E-state index in [2.05, 4.69) is 10.3 Å². The van der Waals surface area contributed by atoms with Crippen molar-refractivity contribution in [1.29, 1.82) is 0 Å². The molecular formula is C24H24Cl2F3N2O4-. The van der Waals surface area contributed by atoms with Crippen molar-refractivity contribution in [3.05, 3.63) is 58.2 Å². The molecule has 0 amide bonds. The summed E-state index contributed by atoms with van der Waals surface area (Å²) in [6, 6.07) is 8.12. The van der Waals surface area contributed by atoms with Gasteiger partial charge < -0.3 is 31.9 Å². The lowest BCUT2D eigenvalue weighted by Gasteiger charge is -2.18. The number of pyridine rings is 1. The van der Waals surface area contributed by atoms with E-state index in [9.17, 15) is 18.0 Å². The first-order valence-electron chi connectivity index (χ1n) is 10.5. The molecule has 2 aromatic carbocycles. The molecule has 3 aromatic rings. The summed E-state index contributed by atoms with van der Waals surface area (Å²) in [4.78, 5) is 16.4. The molecule has 0 aliphatic rings. The van der Waals surface area contributed by atoms with E-state index in [1.54, 1.807) is 26.1 Å². The van der Waals surface area contributed by atoms with Gasteiger partial charge in [-0.05, 0) is 69.3 Å². The van der Waals surface area contributed by atoms with Crippen LogP contribution < -0.4 is 22.5 Å². The average Bonchev–Trinajstić information content (AvgIpc) is 2.77. The van der Waals surface area contributed by atoms with Crippen LogP contribution >= 0.6 is 11.6 Å². The number of alkyl halides is 3.